The first-order valence-electron chi connectivity index (χ1n) is 12.3. The van der Waals surface area contributed by atoms with Crippen LogP contribution < -0.4 is 0 Å². The normalized spacial score (nSPS) is 13.4. The first kappa shape index (κ1) is 25.1. The van der Waals surface area contributed by atoms with E-state index >= 15 is 0 Å². The second-order valence-corrected chi connectivity index (χ2v) is 10.3. The van der Waals surface area contributed by atoms with Crippen molar-refractivity contribution in [3.05, 3.63) is 107 Å². The maximum Gasteiger partial charge on any atom is 0.0307 e. The fourth-order valence-corrected chi connectivity index (χ4v) is 5.49. The fourth-order valence-electron chi connectivity index (χ4n) is 5.49. The Hall–Kier alpha value is -2.03. The molecule has 2 aliphatic rings. The van der Waals surface area contributed by atoms with E-state index in [-0.39, 0.29) is 25.8 Å². The molecule has 0 aromatic heterocycles. The first-order valence-corrected chi connectivity index (χ1v) is 14.3. The average Bonchev–Trinajstić information content (AvgIpc) is 3.64. The Balaban J connectivity index is 0.000000149. The molecule has 0 heterocycles. The Morgan fingerprint density at radius 1 is 0.676 bits per heavy atom. The van der Waals surface area contributed by atoms with Gasteiger partial charge in [-0.15, -0.1) is 51.9 Å². The quantitative estimate of drug-likeness (QED) is 0.130. The van der Waals surface area contributed by atoms with E-state index in [1.54, 1.807) is 22.3 Å². The van der Waals surface area contributed by atoms with Gasteiger partial charge in [0.25, 0.3) is 0 Å². The summed E-state index contributed by atoms with van der Waals surface area (Å²) in [5.41, 5.74) is 9.15. The molecule has 0 amide bonds. The van der Waals surface area contributed by atoms with E-state index in [1.807, 2.05) is 0 Å². The molecule has 0 saturated carbocycles. The number of fused-ring (bicyclic) bond motifs is 4. The second kappa shape index (κ2) is 11.6. The van der Waals surface area contributed by atoms with Crippen LogP contribution in [0.5, 0.6) is 0 Å². The zero-order valence-electron chi connectivity index (χ0n) is 20.3. The van der Waals surface area contributed by atoms with Gasteiger partial charge < -0.3 is 0 Å². The monoisotopic (exact) mass is 624 g/mol. The van der Waals surface area contributed by atoms with Crippen LogP contribution in [0.1, 0.15) is 35.1 Å². The summed E-state index contributed by atoms with van der Waals surface area (Å²) in [6, 6.07) is 31.2. The number of benzene rings is 3. The minimum Gasteiger partial charge on any atom is -0.168 e. The standard InChI is InChI=1S/C18H15.C12H11.C2H6Si.Hf/c1-2-6-13(7-3-1)18-16-10-4-8-14(16)12-15-9-5-11-17(15)18;1-3-9-7-11-5-2-6-12(11)8-10(9)4-1;1-3-2;/h1-4,6-8,10,12H,5,9,11H2;1,3-4,7-8H,2,5-6H2;1-2H3;/q2*-1;;. The number of aryl methyl sites for hydroxylation is 3. The van der Waals surface area contributed by atoms with Crippen LogP contribution >= 0.6 is 0 Å². The summed E-state index contributed by atoms with van der Waals surface area (Å²) in [4.78, 5) is 0. The maximum absolute atomic E-state index is 2.39. The largest absolute Gasteiger partial charge is 0.168 e. The number of hydrogen-bond donors (Lipinski definition) is 0. The van der Waals surface area contributed by atoms with Crippen molar-refractivity contribution >= 4 is 31.1 Å². The van der Waals surface area contributed by atoms with E-state index in [0.29, 0.717) is 0 Å². The maximum atomic E-state index is 2.39. The van der Waals surface area contributed by atoms with Gasteiger partial charge in [-0.3, -0.25) is 0 Å². The molecule has 0 nitrogen and oxygen atoms in total. The van der Waals surface area contributed by atoms with Gasteiger partial charge in [0.05, 0.1) is 0 Å². The summed E-state index contributed by atoms with van der Waals surface area (Å²) in [5.74, 6) is 0. The van der Waals surface area contributed by atoms with Crippen molar-refractivity contribution in [2.24, 2.45) is 0 Å². The molecule has 2 radical (unpaired) electrons. The van der Waals surface area contributed by atoms with Gasteiger partial charge in [0.2, 0.25) is 0 Å². The summed E-state index contributed by atoms with van der Waals surface area (Å²) in [5, 5.41) is 5.64. The van der Waals surface area contributed by atoms with E-state index in [9.17, 15) is 0 Å². The van der Waals surface area contributed by atoms with Crippen LogP contribution in [0.2, 0.25) is 13.1 Å². The van der Waals surface area contributed by atoms with Crippen molar-refractivity contribution in [2.45, 2.75) is 51.6 Å². The van der Waals surface area contributed by atoms with Crippen LogP contribution in [0.3, 0.4) is 0 Å². The molecule has 0 atom stereocenters. The fraction of sp³-hybridized carbons (Fsp3) is 0.250. The van der Waals surface area contributed by atoms with E-state index in [0.717, 1.165) is 9.52 Å². The van der Waals surface area contributed by atoms with Crippen LogP contribution in [0.25, 0.3) is 32.7 Å². The third-order valence-electron chi connectivity index (χ3n) is 6.92. The van der Waals surface area contributed by atoms with E-state index in [2.05, 4.69) is 98.0 Å². The van der Waals surface area contributed by atoms with Crippen molar-refractivity contribution in [3.63, 3.8) is 0 Å². The molecule has 0 saturated heterocycles. The summed E-state index contributed by atoms with van der Waals surface area (Å²) >= 11 is 0. The average molecular weight is 623 g/mol. The molecule has 0 aliphatic heterocycles. The van der Waals surface area contributed by atoms with Gasteiger partial charge in [0.15, 0.2) is 0 Å². The molecule has 2 aliphatic carbocycles. The van der Waals surface area contributed by atoms with Crippen molar-refractivity contribution in [2.75, 3.05) is 0 Å². The molecular formula is C32H32HfSi-2. The molecule has 0 unspecified atom stereocenters. The van der Waals surface area contributed by atoms with Crippen molar-refractivity contribution in [1.82, 2.24) is 0 Å². The molecule has 0 N–H and O–H groups in total. The number of rotatable bonds is 1. The second-order valence-electron chi connectivity index (χ2n) is 9.27. The Morgan fingerprint density at radius 3 is 2.09 bits per heavy atom. The van der Waals surface area contributed by atoms with Crippen molar-refractivity contribution < 1.29 is 25.8 Å². The van der Waals surface area contributed by atoms with Crippen LogP contribution in [-0.2, 0) is 51.5 Å². The van der Waals surface area contributed by atoms with Crippen LogP contribution in [0, 0.1) is 0 Å². The Morgan fingerprint density at radius 2 is 1.29 bits per heavy atom. The molecule has 0 bridgehead atoms. The van der Waals surface area contributed by atoms with Gasteiger partial charge in [-0.05, 0) is 44.1 Å². The molecule has 5 aromatic rings. The predicted molar refractivity (Wildman–Crippen MR) is 146 cm³/mol. The van der Waals surface area contributed by atoms with Gasteiger partial charge in [0, 0.05) is 35.4 Å². The zero-order chi connectivity index (χ0) is 22.6. The summed E-state index contributed by atoms with van der Waals surface area (Å²) in [7, 11) is 1.08. The van der Waals surface area contributed by atoms with Gasteiger partial charge in [0.1, 0.15) is 0 Å². The Bertz CT molecular complexity index is 1320. The van der Waals surface area contributed by atoms with Gasteiger partial charge in [-0.25, -0.2) is 0 Å². The molecule has 2 heteroatoms. The minimum absolute atomic E-state index is 0. The Kier molecular flexibility index (Phi) is 8.55. The molecule has 7 rings (SSSR count). The molecule has 170 valence electrons. The molecule has 0 fully saturated rings. The predicted octanol–water partition coefficient (Wildman–Crippen LogP) is 8.55. The SMILES string of the molecule is C[Si]C.[Hf].c1cc2cc3c(cc2[cH-]1)CCC3.c1ccc(-c2c3c(cc4[cH-]ccc24)CCC3)cc1. The van der Waals surface area contributed by atoms with Gasteiger partial charge in [-0.2, -0.15) is 24.3 Å². The molecular weight excluding hydrogens is 591 g/mol. The van der Waals surface area contributed by atoms with E-state index in [1.165, 1.54) is 71.2 Å². The smallest absolute Gasteiger partial charge is 0.0307 e. The zero-order valence-corrected chi connectivity index (χ0v) is 24.9. The van der Waals surface area contributed by atoms with E-state index in [4.69, 9.17) is 0 Å². The van der Waals surface area contributed by atoms with Crippen LogP contribution in [0.4, 0.5) is 0 Å². The molecule has 0 spiro atoms. The first-order chi connectivity index (χ1) is 16.3. The third kappa shape index (κ3) is 5.14. The van der Waals surface area contributed by atoms with Crippen LogP contribution in [-0.4, -0.2) is 9.52 Å². The molecule has 5 aromatic carbocycles. The van der Waals surface area contributed by atoms with Gasteiger partial charge >= 0.3 is 0 Å². The minimum atomic E-state index is 0. The summed E-state index contributed by atoms with van der Waals surface area (Å²) in [6.07, 6.45) is 7.72. The summed E-state index contributed by atoms with van der Waals surface area (Å²) < 4.78 is 0. The van der Waals surface area contributed by atoms with E-state index < -0.39 is 0 Å². The molecule has 34 heavy (non-hydrogen) atoms. The Labute approximate surface area is 225 Å². The topological polar surface area (TPSA) is 0 Å². The van der Waals surface area contributed by atoms with Crippen LogP contribution in [0.15, 0.2) is 84.9 Å². The summed E-state index contributed by atoms with van der Waals surface area (Å²) in [6.45, 7) is 4.31. The van der Waals surface area contributed by atoms with Gasteiger partial charge in [-0.1, -0.05) is 71.2 Å². The van der Waals surface area contributed by atoms with Crippen molar-refractivity contribution in [1.29, 1.82) is 0 Å². The van der Waals surface area contributed by atoms with Crippen molar-refractivity contribution in [3.8, 4) is 11.1 Å². The third-order valence-corrected chi connectivity index (χ3v) is 6.92. The number of hydrogen-bond acceptors (Lipinski definition) is 0.